The Bertz CT molecular complexity index is 5780. The van der Waals surface area contributed by atoms with Gasteiger partial charge in [0, 0.05) is 106 Å². The van der Waals surface area contributed by atoms with Gasteiger partial charge in [0.05, 0.1) is 56.9 Å². The predicted molar refractivity (Wildman–Crippen MR) is 394 cm³/mol. The molecule has 0 saturated heterocycles. The highest BCUT2D eigenvalue weighted by Gasteiger charge is 2.40. The van der Waals surface area contributed by atoms with Crippen LogP contribution in [0.2, 0.25) is 0 Å². The summed E-state index contributed by atoms with van der Waals surface area (Å²) in [6.45, 7) is 13.8. The smallest absolute Gasteiger partial charge is 0.228 e. The first-order chi connectivity index (χ1) is 53.7. The van der Waals surface area contributed by atoms with Gasteiger partial charge in [-0.15, -0.1) is 0 Å². The number of hydrogen-bond donors (Lipinski definition) is 6. The van der Waals surface area contributed by atoms with E-state index in [0.717, 1.165) is 88.2 Å². The number of benzene rings is 11. The second-order valence-electron chi connectivity index (χ2n) is 25.8. The van der Waals surface area contributed by atoms with E-state index in [-0.39, 0.29) is 116 Å². The maximum absolute atomic E-state index is 14.2. The van der Waals surface area contributed by atoms with Crippen LogP contribution in [0.15, 0.2) is 127 Å². The van der Waals surface area contributed by atoms with E-state index in [0.29, 0.717) is 33.3 Å². The third-order valence-electron chi connectivity index (χ3n) is 18.0. The summed E-state index contributed by atoms with van der Waals surface area (Å²) in [5.41, 5.74) is 3.15. The molecule has 16 rings (SSSR count). The third-order valence-corrected chi connectivity index (χ3v) is 18.0. The molecular weight excluding hydrogens is 1540 g/mol. The van der Waals surface area contributed by atoms with Gasteiger partial charge in [0.15, 0.2) is 121 Å². The molecule has 11 aromatic rings. The first-order valence-corrected chi connectivity index (χ1v) is 33.4. The second kappa shape index (κ2) is 31.1. The predicted octanol–water partition coefficient (Wildman–Crippen LogP) is 21.1. The van der Waals surface area contributed by atoms with Gasteiger partial charge in [0.1, 0.15) is 23.2 Å². The third kappa shape index (κ3) is 14.8. The van der Waals surface area contributed by atoms with Crippen molar-refractivity contribution >= 4 is 86.4 Å². The number of carbonyl (C=O) groups excluding carboxylic acids is 5. The molecule has 0 aromatic heterocycles. The molecule has 5 aliphatic heterocycles. The normalized spacial score (nSPS) is 12.3. The summed E-state index contributed by atoms with van der Waals surface area (Å²) >= 11 is 0. The molecule has 0 unspecified atom stereocenters. The Hall–Kier alpha value is -14.3. The molecule has 0 atom stereocenters. The Balaban J connectivity index is 0.000000142. The van der Waals surface area contributed by atoms with Crippen molar-refractivity contribution in [2.24, 2.45) is 0 Å². The molecule has 5 heterocycles. The second-order valence-corrected chi connectivity index (χ2v) is 25.8. The molecule has 5 aliphatic rings. The van der Waals surface area contributed by atoms with Gasteiger partial charge in [-0.3, -0.25) is 48.5 Å². The quantitative estimate of drug-likeness (QED) is 0.0834. The number of phenols is 6. The SMILES string of the molecule is C.CC(=O)N1c2cc(F)c(C)c(F)c2Oc2c1cc(F)c(O)c2F.CC(=O)N1c2cc(F)c(C)cc2Oc2c1cc(F)c(O)c2F.CC(=O)N1c2cc(F)c(C)cc2Oc2cc(O)c(F)cc21.CC(=O)N1c2cc(F)c(O)cc2Oc2cc(O)c(-c3ccc(C)cc3)cc21.CC(=O)N1c2ccc(C)c(F)c2Oc2c1ccc(O)c2F. The van der Waals surface area contributed by atoms with Gasteiger partial charge >= 0.3 is 0 Å². The number of aryl methyl sites for hydroxylation is 4. The van der Waals surface area contributed by atoms with Crippen LogP contribution in [0.5, 0.6) is 92.0 Å². The van der Waals surface area contributed by atoms with Gasteiger partial charge in [0.2, 0.25) is 47.0 Å². The minimum atomic E-state index is -1.49. The maximum Gasteiger partial charge on any atom is 0.228 e. The topological polar surface area (TPSA) is 269 Å². The molecular formula is C82H61F12N5O16. The van der Waals surface area contributed by atoms with Crippen molar-refractivity contribution in [3.63, 3.8) is 0 Å². The summed E-state index contributed by atoms with van der Waals surface area (Å²) in [6, 6.07) is 27.5. The number of halogens is 12. The highest BCUT2D eigenvalue weighted by Crippen LogP contribution is 2.57. The van der Waals surface area contributed by atoms with Gasteiger partial charge in [-0.1, -0.05) is 43.3 Å². The van der Waals surface area contributed by atoms with Crippen molar-refractivity contribution in [1.82, 2.24) is 0 Å². The Morgan fingerprint density at radius 2 is 0.600 bits per heavy atom. The lowest BCUT2D eigenvalue weighted by Crippen LogP contribution is -2.27. The fraction of sp³-hybridized carbons (Fsp3) is 0.134. The Morgan fingerprint density at radius 3 is 1.04 bits per heavy atom. The van der Waals surface area contributed by atoms with E-state index in [1.807, 2.05) is 31.2 Å². The zero-order chi connectivity index (χ0) is 83.1. The molecule has 21 nitrogen and oxygen atoms in total. The number of hydrogen-bond acceptors (Lipinski definition) is 16. The molecule has 5 amide bonds. The number of anilines is 10. The van der Waals surface area contributed by atoms with Crippen molar-refractivity contribution in [3.8, 4) is 103 Å². The minimum Gasteiger partial charge on any atom is -0.507 e. The van der Waals surface area contributed by atoms with Gasteiger partial charge in [-0.05, 0) is 93.3 Å². The average molecular weight is 1600 g/mol. The highest BCUT2D eigenvalue weighted by molar-refractivity contribution is 6.08. The minimum absolute atomic E-state index is 0. The Labute approximate surface area is 644 Å². The maximum atomic E-state index is 14.2. The van der Waals surface area contributed by atoms with Gasteiger partial charge in [-0.2, -0.15) is 13.2 Å². The number of rotatable bonds is 1. The molecule has 0 radical (unpaired) electrons. The van der Waals surface area contributed by atoms with Gasteiger partial charge in [-0.25, -0.2) is 39.5 Å². The zero-order valence-corrected chi connectivity index (χ0v) is 60.7. The molecule has 0 bridgehead atoms. The molecule has 11 aromatic carbocycles. The van der Waals surface area contributed by atoms with E-state index >= 15 is 0 Å². The fourth-order valence-electron chi connectivity index (χ4n) is 12.4. The summed E-state index contributed by atoms with van der Waals surface area (Å²) in [5, 5.41) is 57.6. The van der Waals surface area contributed by atoms with Crippen LogP contribution in [0.25, 0.3) is 11.1 Å². The molecule has 0 fully saturated rings. The van der Waals surface area contributed by atoms with E-state index in [4.69, 9.17) is 23.7 Å². The number of aromatic hydroxyl groups is 6. The van der Waals surface area contributed by atoms with Crippen LogP contribution < -0.4 is 48.2 Å². The van der Waals surface area contributed by atoms with Crippen molar-refractivity contribution in [1.29, 1.82) is 0 Å². The molecule has 33 heteroatoms. The van der Waals surface area contributed by atoms with E-state index in [2.05, 4.69) is 0 Å². The van der Waals surface area contributed by atoms with Crippen molar-refractivity contribution in [2.45, 2.75) is 76.7 Å². The average Bonchev–Trinajstić information content (AvgIpc) is 0.765. The number of nitrogens with zero attached hydrogens (tertiary/aromatic N) is 5. The van der Waals surface area contributed by atoms with Crippen molar-refractivity contribution in [2.75, 3.05) is 24.5 Å². The first kappa shape index (κ1) is 81.7. The van der Waals surface area contributed by atoms with Crippen LogP contribution in [-0.2, 0) is 24.0 Å². The lowest BCUT2D eigenvalue weighted by molar-refractivity contribution is -0.116. The number of amides is 5. The van der Waals surface area contributed by atoms with Crippen LogP contribution >= 0.6 is 0 Å². The van der Waals surface area contributed by atoms with E-state index < -0.39 is 145 Å². The van der Waals surface area contributed by atoms with E-state index in [1.165, 1.54) is 88.9 Å². The van der Waals surface area contributed by atoms with Crippen molar-refractivity contribution in [3.05, 3.63) is 225 Å². The Kier molecular flexibility index (Phi) is 22.1. The van der Waals surface area contributed by atoms with Crippen LogP contribution in [0.1, 0.15) is 69.9 Å². The number of carbonyl (C=O) groups is 5. The monoisotopic (exact) mass is 1600 g/mol. The van der Waals surface area contributed by atoms with Crippen LogP contribution in [0, 0.1) is 104 Å². The van der Waals surface area contributed by atoms with E-state index in [1.54, 1.807) is 13.0 Å². The lowest BCUT2D eigenvalue weighted by atomic mass is 10.0. The largest absolute Gasteiger partial charge is 0.507 e. The Morgan fingerprint density at radius 1 is 0.278 bits per heavy atom. The number of fused-ring (bicyclic) bond motifs is 10. The zero-order valence-electron chi connectivity index (χ0n) is 60.7. The summed E-state index contributed by atoms with van der Waals surface area (Å²) in [6.07, 6.45) is 0. The molecule has 0 saturated carbocycles. The van der Waals surface area contributed by atoms with Crippen LogP contribution in [0.4, 0.5) is 110 Å². The molecule has 115 heavy (non-hydrogen) atoms. The molecule has 6 N–H and O–H groups in total. The lowest BCUT2D eigenvalue weighted by Gasteiger charge is -2.31. The summed E-state index contributed by atoms with van der Waals surface area (Å²) in [7, 11) is 0. The summed E-state index contributed by atoms with van der Waals surface area (Å²) in [5.74, 6) is -20.5. The fourth-order valence-corrected chi connectivity index (χ4v) is 12.4. The van der Waals surface area contributed by atoms with Crippen molar-refractivity contribution < 1.29 is 131 Å². The number of phenolic OH excluding ortho intramolecular Hbond substituents is 6. The van der Waals surface area contributed by atoms with Gasteiger partial charge in [0.25, 0.3) is 0 Å². The molecule has 0 spiro atoms. The van der Waals surface area contributed by atoms with Crippen LogP contribution in [0.3, 0.4) is 0 Å². The molecule has 0 aliphatic carbocycles. The van der Waals surface area contributed by atoms with Gasteiger partial charge < -0.3 is 54.3 Å². The molecule has 594 valence electrons. The standard InChI is InChI=1S/C21H16FNO4.C15H9F4NO3.C15H10F3NO3.2C15H11F2NO3.CH4/c1-11-3-5-13(6-4-11)14-7-16-20(9-18(14)25)27-21-10-19(26)15(22)8-17(21)23(16)12(2)24;1-5-7(16)3-9-14(11(5)18)23-15-10(20(9)6(2)21)4-8(17)13(22)12(15)19;1-6-3-12-10(4-8(6)16)19(7(2)20)11-5-9(17)14(21)13(18)15(11)22-12;1-7-3-14-11(4-9(7)16)18(8(2)19)12-5-10(17)13(20)6-15(12)21-14;1-7-3-4-9-14(12(7)16)21-15-10(18(9)8(2)19)5-6-11(20)13(15)17;/h3-10,25-26H,1-2H3;3-4,22H,1-2H3;3-5,21H,1-2H3;2*3-6,20H,1-2H3;1H4. The summed E-state index contributed by atoms with van der Waals surface area (Å²) < 4.78 is 193. The van der Waals surface area contributed by atoms with Crippen LogP contribution in [-0.4, -0.2) is 60.2 Å². The number of ether oxygens (including phenoxy) is 5. The first-order valence-electron chi connectivity index (χ1n) is 33.4. The highest BCUT2D eigenvalue weighted by atomic mass is 19.2. The van der Waals surface area contributed by atoms with E-state index in [9.17, 15) is 107 Å². The summed E-state index contributed by atoms with van der Waals surface area (Å²) in [4.78, 5) is 65.1.